The molecule has 3 rings (SSSR count). The van der Waals surface area contributed by atoms with Crippen molar-refractivity contribution in [2.45, 2.75) is 59.3 Å². The van der Waals surface area contributed by atoms with Gasteiger partial charge in [-0.25, -0.2) is 4.68 Å². The van der Waals surface area contributed by atoms with E-state index in [1.165, 1.54) is 0 Å². The van der Waals surface area contributed by atoms with Crippen molar-refractivity contribution in [2.24, 2.45) is 5.92 Å². The number of rotatable bonds is 10. The van der Waals surface area contributed by atoms with Gasteiger partial charge in [0.05, 0.1) is 17.9 Å². The van der Waals surface area contributed by atoms with Crippen molar-refractivity contribution in [1.82, 2.24) is 14.7 Å². The molecule has 0 aliphatic rings. The Kier molecular flexibility index (Phi) is 9.32. The molecular formula is C29H37ClN4O2. The zero-order valence-corrected chi connectivity index (χ0v) is 22.7. The zero-order chi connectivity index (χ0) is 26.3. The summed E-state index contributed by atoms with van der Waals surface area (Å²) in [5, 5.41) is 8.37. The number of benzene rings is 2. The van der Waals surface area contributed by atoms with Crippen LogP contribution in [0.25, 0.3) is 5.69 Å². The highest BCUT2D eigenvalue weighted by Gasteiger charge is 2.23. The lowest BCUT2D eigenvalue weighted by molar-refractivity contribution is -0.134. The molecule has 0 saturated heterocycles. The summed E-state index contributed by atoms with van der Waals surface area (Å²) in [6.45, 7) is 11.0. The van der Waals surface area contributed by atoms with E-state index in [4.69, 9.17) is 16.7 Å². The molecule has 192 valence electrons. The van der Waals surface area contributed by atoms with Gasteiger partial charge in [-0.1, -0.05) is 76.6 Å². The molecule has 0 unspecified atom stereocenters. The van der Waals surface area contributed by atoms with Gasteiger partial charge in [-0.05, 0) is 48.6 Å². The van der Waals surface area contributed by atoms with Crippen LogP contribution in [-0.2, 0) is 21.4 Å². The van der Waals surface area contributed by atoms with Gasteiger partial charge in [-0.3, -0.25) is 9.59 Å². The first-order chi connectivity index (χ1) is 17.0. The quantitative estimate of drug-likeness (QED) is 0.351. The number of halogens is 1. The summed E-state index contributed by atoms with van der Waals surface area (Å²) in [7, 11) is 0. The number of anilines is 1. The van der Waals surface area contributed by atoms with E-state index in [1.807, 2.05) is 48.5 Å². The first-order valence-electron chi connectivity index (χ1n) is 12.5. The predicted octanol–water partition coefficient (Wildman–Crippen LogP) is 6.27. The second-order valence-electron chi connectivity index (χ2n) is 10.6. The number of hydrogen-bond acceptors (Lipinski definition) is 3. The first kappa shape index (κ1) is 27.5. The standard InChI is InChI=1S/C29H37ClN4O2/c1-21(2)17-18-33(28(36)16-11-22-9-7-6-8-10-22)20-27(35)31-26-19-25(29(3,4)5)32-34(26)24-14-12-23(30)13-15-24/h6-10,12-15,19,21H,11,16-18,20H2,1-5H3,(H,31,35). The average Bonchev–Trinajstić information content (AvgIpc) is 3.25. The third kappa shape index (κ3) is 7.95. The molecule has 7 heteroatoms. The molecule has 0 saturated carbocycles. The molecule has 0 radical (unpaired) electrons. The van der Waals surface area contributed by atoms with Crippen LogP contribution in [0.3, 0.4) is 0 Å². The molecule has 36 heavy (non-hydrogen) atoms. The Morgan fingerprint density at radius 3 is 2.33 bits per heavy atom. The van der Waals surface area contributed by atoms with E-state index >= 15 is 0 Å². The molecule has 3 aromatic rings. The molecule has 0 aliphatic carbocycles. The number of hydrogen-bond donors (Lipinski definition) is 1. The van der Waals surface area contributed by atoms with Crippen molar-refractivity contribution in [1.29, 1.82) is 0 Å². The van der Waals surface area contributed by atoms with E-state index in [9.17, 15) is 9.59 Å². The van der Waals surface area contributed by atoms with Gasteiger partial charge in [0.2, 0.25) is 11.8 Å². The molecule has 0 spiro atoms. The van der Waals surface area contributed by atoms with Crippen LogP contribution in [0.1, 0.15) is 58.7 Å². The number of carbonyl (C=O) groups excluding carboxylic acids is 2. The smallest absolute Gasteiger partial charge is 0.245 e. The normalized spacial score (nSPS) is 11.5. The molecule has 2 amide bonds. The van der Waals surface area contributed by atoms with Crippen molar-refractivity contribution in [3.8, 4) is 5.69 Å². The number of nitrogens with one attached hydrogen (secondary N) is 1. The SMILES string of the molecule is CC(C)CCN(CC(=O)Nc1cc(C(C)(C)C)nn1-c1ccc(Cl)cc1)C(=O)CCc1ccccc1. The summed E-state index contributed by atoms with van der Waals surface area (Å²) < 4.78 is 1.71. The van der Waals surface area contributed by atoms with Crippen LogP contribution in [-0.4, -0.2) is 39.6 Å². The molecule has 0 aliphatic heterocycles. The van der Waals surface area contributed by atoms with Crippen molar-refractivity contribution < 1.29 is 9.59 Å². The second-order valence-corrected chi connectivity index (χ2v) is 11.0. The summed E-state index contributed by atoms with van der Waals surface area (Å²) in [6.07, 6.45) is 1.85. The lowest BCUT2D eigenvalue weighted by Gasteiger charge is -2.23. The van der Waals surface area contributed by atoms with Crippen molar-refractivity contribution in [2.75, 3.05) is 18.4 Å². The maximum Gasteiger partial charge on any atom is 0.245 e. The Hall–Kier alpha value is -3.12. The highest BCUT2D eigenvalue weighted by molar-refractivity contribution is 6.30. The van der Waals surface area contributed by atoms with Gasteiger partial charge in [0.1, 0.15) is 5.82 Å². The van der Waals surface area contributed by atoms with E-state index in [0.29, 0.717) is 36.1 Å². The van der Waals surface area contributed by atoms with E-state index in [-0.39, 0.29) is 23.8 Å². The van der Waals surface area contributed by atoms with Gasteiger partial charge in [0.15, 0.2) is 0 Å². The molecule has 0 bridgehead atoms. The number of nitrogens with zero attached hydrogens (tertiary/aromatic N) is 3. The maximum atomic E-state index is 13.2. The minimum atomic E-state index is -0.248. The Morgan fingerprint density at radius 1 is 1.06 bits per heavy atom. The fraction of sp³-hybridized carbons (Fsp3) is 0.414. The fourth-order valence-corrected chi connectivity index (χ4v) is 3.86. The number of aromatic nitrogens is 2. The molecule has 2 aromatic carbocycles. The Labute approximate surface area is 219 Å². The van der Waals surface area contributed by atoms with Crippen molar-refractivity contribution in [3.05, 3.63) is 76.9 Å². The van der Waals surface area contributed by atoms with E-state index < -0.39 is 0 Å². The van der Waals surface area contributed by atoms with Crippen LogP contribution in [0.4, 0.5) is 5.82 Å². The molecule has 0 atom stereocenters. The number of carbonyl (C=O) groups is 2. The van der Waals surface area contributed by atoms with E-state index in [2.05, 4.69) is 39.9 Å². The van der Waals surface area contributed by atoms with Crippen LogP contribution >= 0.6 is 11.6 Å². The molecule has 1 aromatic heterocycles. The van der Waals surface area contributed by atoms with Gasteiger partial charge in [-0.2, -0.15) is 5.10 Å². The van der Waals surface area contributed by atoms with Crippen LogP contribution in [0, 0.1) is 5.92 Å². The van der Waals surface area contributed by atoms with Gasteiger partial charge in [0, 0.05) is 29.5 Å². The van der Waals surface area contributed by atoms with Gasteiger partial charge in [-0.15, -0.1) is 0 Å². The Bertz CT molecular complexity index is 1150. The lowest BCUT2D eigenvalue weighted by Crippen LogP contribution is -2.39. The van der Waals surface area contributed by atoms with Crippen LogP contribution < -0.4 is 5.32 Å². The third-order valence-electron chi connectivity index (χ3n) is 5.95. The van der Waals surface area contributed by atoms with Crippen LogP contribution in [0.2, 0.25) is 5.02 Å². The first-order valence-corrected chi connectivity index (χ1v) is 12.9. The highest BCUT2D eigenvalue weighted by atomic mass is 35.5. The van der Waals surface area contributed by atoms with Gasteiger partial charge < -0.3 is 10.2 Å². The van der Waals surface area contributed by atoms with Crippen molar-refractivity contribution in [3.63, 3.8) is 0 Å². The zero-order valence-electron chi connectivity index (χ0n) is 21.9. The minimum Gasteiger partial charge on any atom is -0.333 e. The topological polar surface area (TPSA) is 67.2 Å². The maximum absolute atomic E-state index is 13.2. The summed E-state index contributed by atoms with van der Waals surface area (Å²) in [6, 6.07) is 19.1. The second kappa shape index (κ2) is 12.2. The largest absolute Gasteiger partial charge is 0.333 e. The third-order valence-corrected chi connectivity index (χ3v) is 6.20. The molecule has 1 N–H and O–H groups in total. The summed E-state index contributed by atoms with van der Waals surface area (Å²) in [5.74, 6) is 0.726. The molecular weight excluding hydrogens is 472 g/mol. The average molecular weight is 509 g/mol. The van der Waals surface area contributed by atoms with Crippen LogP contribution in [0.5, 0.6) is 0 Å². The highest BCUT2D eigenvalue weighted by Crippen LogP contribution is 2.27. The van der Waals surface area contributed by atoms with Gasteiger partial charge >= 0.3 is 0 Å². The Balaban J connectivity index is 1.76. The molecule has 0 fully saturated rings. The number of amides is 2. The molecule has 6 nitrogen and oxygen atoms in total. The predicted molar refractivity (Wildman–Crippen MR) is 147 cm³/mol. The monoisotopic (exact) mass is 508 g/mol. The summed E-state index contributed by atoms with van der Waals surface area (Å²) in [4.78, 5) is 27.9. The van der Waals surface area contributed by atoms with Crippen LogP contribution in [0.15, 0.2) is 60.7 Å². The molecule has 1 heterocycles. The fourth-order valence-electron chi connectivity index (χ4n) is 3.73. The van der Waals surface area contributed by atoms with E-state index in [1.54, 1.807) is 21.7 Å². The lowest BCUT2D eigenvalue weighted by atomic mass is 9.92. The van der Waals surface area contributed by atoms with Gasteiger partial charge in [0.25, 0.3) is 0 Å². The summed E-state index contributed by atoms with van der Waals surface area (Å²) in [5.41, 5.74) is 2.55. The van der Waals surface area contributed by atoms with Crippen molar-refractivity contribution >= 4 is 29.2 Å². The van der Waals surface area contributed by atoms with E-state index in [0.717, 1.165) is 23.4 Å². The summed E-state index contributed by atoms with van der Waals surface area (Å²) >= 11 is 6.07. The Morgan fingerprint density at radius 2 is 1.72 bits per heavy atom. The number of aryl methyl sites for hydroxylation is 1. The minimum absolute atomic E-state index is 0.00298.